The van der Waals surface area contributed by atoms with Crippen LogP contribution in [0.15, 0.2) is 24.3 Å². The van der Waals surface area contributed by atoms with Crippen molar-refractivity contribution in [1.29, 1.82) is 0 Å². The summed E-state index contributed by atoms with van der Waals surface area (Å²) in [5.74, 6) is -0.304. The van der Waals surface area contributed by atoms with Crippen LogP contribution in [-0.4, -0.2) is 37.8 Å². The molecule has 1 amide bonds. The van der Waals surface area contributed by atoms with Gasteiger partial charge in [0.1, 0.15) is 6.54 Å². The van der Waals surface area contributed by atoms with Crippen molar-refractivity contribution in [2.75, 3.05) is 22.7 Å². The molecule has 2 aliphatic rings. The number of carbonyl (C=O) groups is 1. The van der Waals surface area contributed by atoms with E-state index < -0.39 is 10.2 Å². The maximum absolute atomic E-state index is 12.9. The minimum Gasteiger partial charge on any atom is -0.323 e. The number of nitrogens with one attached hydrogen (secondary N) is 1. The Labute approximate surface area is 124 Å². The summed E-state index contributed by atoms with van der Waals surface area (Å²) in [6, 6.07) is 6.97. The molecule has 1 unspecified atom stereocenters. The Balaban J connectivity index is 2.01. The van der Waals surface area contributed by atoms with E-state index in [2.05, 4.69) is 5.32 Å². The number of amides is 1. The number of rotatable bonds is 2. The van der Waals surface area contributed by atoms with Crippen LogP contribution >= 0.6 is 0 Å². The summed E-state index contributed by atoms with van der Waals surface area (Å²) in [7, 11) is -3.67. The van der Waals surface area contributed by atoms with Crippen molar-refractivity contribution in [2.45, 2.75) is 32.2 Å². The molecule has 1 atom stereocenters. The normalized spacial score (nSPS) is 23.6. The SMILES string of the molecule is CC1CCCCN1S(=O)(=O)N1CC(=O)Nc2ccccc21. The zero-order valence-electron chi connectivity index (χ0n) is 11.9. The molecule has 1 N–H and O–H groups in total. The summed E-state index contributed by atoms with van der Waals surface area (Å²) in [5.41, 5.74) is 1.08. The first-order valence-corrected chi connectivity index (χ1v) is 8.58. The maximum atomic E-state index is 12.9. The summed E-state index contributed by atoms with van der Waals surface area (Å²) in [5, 5.41) is 2.71. The second-order valence-corrected chi connectivity index (χ2v) is 7.34. The molecule has 114 valence electrons. The van der Waals surface area contributed by atoms with Crippen molar-refractivity contribution in [3.8, 4) is 0 Å². The van der Waals surface area contributed by atoms with E-state index in [0.717, 1.165) is 19.3 Å². The molecular weight excluding hydrogens is 290 g/mol. The van der Waals surface area contributed by atoms with E-state index in [1.165, 1.54) is 8.61 Å². The fourth-order valence-corrected chi connectivity index (χ4v) is 4.81. The van der Waals surface area contributed by atoms with Crippen molar-refractivity contribution in [3.05, 3.63) is 24.3 Å². The smallest absolute Gasteiger partial charge is 0.304 e. The Morgan fingerprint density at radius 3 is 2.76 bits per heavy atom. The summed E-state index contributed by atoms with van der Waals surface area (Å²) in [6.07, 6.45) is 2.77. The van der Waals surface area contributed by atoms with Crippen molar-refractivity contribution < 1.29 is 13.2 Å². The van der Waals surface area contributed by atoms with E-state index in [9.17, 15) is 13.2 Å². The lowest BCUT2D eigenvalue weighted by Crippen LogP contribution is -2.53. The molecule has 2 heterocycles. The van der Waals surface area contributed by atoms with Gasteiger partial charge in [-0.05, 0) is 31.9 Å². The molecule has 1 aromatic rings. The molecular formula is C14H19N3O3S. The number of benzene rings is 1. The van der Waals surface area contributed by atoms with E-state index >= 15 is 0 Å². The molecule has 0 bridgehead atoms. The minimum atomic E-state index is -3.67. The molecule has 0 aromatic heterocycles. The van der Waals surface area contributed by atoms with E-state index in [1.54, 1.807) is 24.3 Å². The van der Waals surface area contributed by atoms with Gasteiger partial charge in [0.05, 0.1) is 11.4 Å². The van der Waals surface area contributed by atoms with Crippen molar-refractivity contribution in [1.82, 2.24) is 4.31 Å². The highest BCUT2D eigenvalue weighted by Gasteiger charge is 2.38. The van der Waals surface area contributed by atoms with E-state index in [0.29, 0.717) is 17.9 Å². The van der Waals surface area contributed by atoms with Crippen molar-refractivity contribution in [3.63, 3.8) is 0 Å². The zero-order chi connectivity index (χ0) is 15.0. The maximum Gasteiger partial charge on any atom is 0.304 e. The second kappa shape index (κ2) is 5.31. The van der Waals surface area contributed by atoms with Crippen LogP contribution in [0.5, 0.6) is 0 Å². The second-order valence-electron chi connectivity index (χ2n) is 5.54. The number of hydrogen-bond donors (Lipinski definition) is 1. The number of para-hydroxylation sites is 2. The summed E-state index contributed by atoms with van der Waals surface area (Å²) >= 11 is 0. The minimum absolute atomic E-state index is 0.0269. The Hall–Kier alpha value is -1.60. The lowest BCUT2D eigenvalue weighted by Gasteiger charge is -2.38. The molecule has 0 saturated carbocycles. The molecule has 21 heavy (non-hydrogen) atoms. The highest BCUT2D eigenvalue weighted by atomic mass is 32.2. The van der Waals surface area contributed by atoms with Gasteiger partial charge in [-0.3, -0.25) is 4.79 Å². The topological polar surface area (TPSA) is 69.7 Å². The fourth-order valence-electron chi connectivity index (χ4n) is 2.95. The number of hydrogen-bond acceptors (Lipinski definition) is 3. The molecule has 2 aliphatic heterocycles. The first-order chi connectivity index (χ1) is 10.00. The van der Waals surface area contributed by atoms with Crippen LogP contribution < -0.4 is 9.62 Å². The Bertz CT molecular complexity index is 659. The average molecular weight is 309 g/mol. The van der Waals surface area contributed by atoms with Gasteiger partial charge in [-0.1, -0.05) is 18.6 Å². The molecule has 3 rings (SSSR count). The summed E-state index contributed by atoms with van der Waals surface area (Å²) in [4.78, 5) is 11.8. The van der Waals surface area contributed by atoms with Gasteiger partial charge in [0.15, 0.2) is 0 Å². The quantitative estimate of drug-likeness (QED) is 0.901. The monoisotopic (exact) mass is 309 g/mol. The third-order valence-electron chi connectivity index (χ3n) is 4.05. The van der Waals surface area contributed by atoms with Gasteiger partial charge in [0, 0.05) is 12.6 Å². The van der Waals surface area contributed by atoms with E-state index in [1.807, 2.05) is 6.92 Å². The first kappa shape index (κ1) is 14.3. The Morgan fingerprint density at radius 2 is 2.00 bits per heavy atom. The fraction of sp³-hybridized carbons (Fsp3) is 0.500. The standard InChI is InChI=1S/C14H19N3O3S/c1-11-6-4-5-9-16(11)21(19,20)17-10-14(18)15-12-7-2-3-8-13(12)17/h2-3,7-8,11H,4-6,9-10H2,1H3,(H,15,18). The molecule has 6 nitrogen and oxygen atoms in total. The van der Waals surface area contributed by atoms with Crippen LogP contribution in [0, 0.1) is 0 Å². The van der Waals surface area contributed by atoms with Crippen LogP contribution in [-0.2, 0) is 15.0 Å². The van der Waals surface area contributed by atoms with Gasteiger partial charge in [0.2, 0.25) is 5.91 Å². The number of fused-ring (bicyclic) bond motifs is 1. The van der Waals surface area contributed by atoms with Crippen LogP contribution in [0.2, 0.25) is 0 Å². The molecule has 0 aliphatic carbocycles. The van der Waals surface area contributed by atoms with Gasteiger partial charge in [-0.25, -0.2) is 4.31 Å². The van der Waals surface area contributed by atoms with Crippen LogP contribution in [0.25, 0.3) is 0 Å². The third-order valence-corrected chi connectivity index (χ3v) is 6.07. The molecule has 0 spiro atoms. The molecule has 1 fully saturated rings. The number of nitrogens with zero attached hydrogens (tertiary/aromatic N) is 2. The van der Waals surface area contributed by atoms with Crippen LogP contribution in [0.4, 0.5) is 11.4 Å². The largest absolute Gasteiger partial charge is 0.323 e. The summed E-state index contributed by atoms with van der Waals surface area (Å²) in [6.45, 7) is 2.28. The predicted octanol–water partition coefficient (Wildman–Crippen LogP) is 1.56. The van der Waals surface area contributed by atoms with E-state index in [4.69, 9.17) is 0 Å². The van der Waals surface area contributed by atoms with Gasteiger partial charge in [-0.15, -0.1) is 0 Å². The lowest BCUT2D eigenvalue weighted by atomic mass is 10.1. The zero-order valence-corrected chi connectivity index (χ0v) is 12.8. The van der Waals surface area contributed by atoms with E-state index in [-0.39, 0.29) is 18.5 Å². The number of piperidine rings is 1. The van der Waals surface area contributed by atoms with Crippen LogP contribution in [0.3, 0.4) is 0 Å². The highest BCUT2D eigenvalue weighted by Crippen LogP contribution is 2.33. The van der Waals surface area contributed by atoms with Crippen LogP contribution in [0.1, 0.15) is 26.2 Å². The summed E-state index contributed by atoms with van der Waals surface area (Å²) < 4.78 is 28.6. The number of carbonyl (C=O) groups excluding carboxylic acids is 1. The molecule has 0 radical (unpaired) electrons. The third kappa shape index (κ3) is 2.51. The van der Waals surface area contributed by atoms with Crippen molar-refractivity contribution >= 4 is 27.5 Å². The van der Waals surface area contributed by atoms with Gasteiger partial charge < -0.3 is 5.32 Å². The van der Waals surface area contributed by atoms with Gasteiger partial charge in [0.25, 0.3) is 0 Å². The first-order valence-electron chi connectivity index (χ1n) is 7.18. The molecule has 7 heteroatoms. The highest BCUT2D eigenvalue weighted by molar-refractivity contribution is 7.90. The lowest BCUT2D eigenvalue weighted by molar-refractivity contribution is -0.115. The Kier molecular flexibility index (Phi) is 3.62. The average Bonchev–Trinajstić information content (AvgIpc) is 2.46. The Morgan fingerprint density at radius 1 is 1.24 bits per heavy atom. The van der Waals surface area contributed by atoms with Gasteiger partial charge >= 0.3 is 10.2 Å². The van der Waals surface area contributed by atoms with Gasteiger partial charge in [-0.2, -0.15) is 12.7 Å². The molecule has 1 saturated heterocycles. The van der Waals surface area contributed by atoms with Crippen molar-refractivity contribution in [2.24, 2.45) is 0 Å². The predicted molar refractivity (Wildman–Crippen MR) is 81.4 cm³/mol. The number of anilines is 2. The molecule has 1 aromatic carbocycles.